The second-order valence-corrected chi connectivity index (χ2v) is 13.7. The molecule has 4 aromatic rings. The Morgan fingerprint density at radius 1 is 0.796 bits per heavy atom. The minimum Gasteiger partial charge on any atom is -0.480 e. The summed E-state index contributed by atoms with van der Waals surface area (Å²) in [4.78, 5) is 46.1. The van der Waals surface area contributed by atoms with Gasteiger partial charge in [-0.3, -0.25) is 18.7 Å². The molecule has 4 heterocycles. The summed E-state index contributed by atoms with van der Waals surface area (Å²) >= 11 is 0. The Kier molecular flexibility index (Phi) is 12.6. The number of nitrogens with two attached hydrogens (primary N) is 1. The van der Waals surface area contributed by atoms with Gasteiger partial charge in [0.1, 0.15) is 31.0 Å². The van der Waals surface area contributed by atoms with Crippen LogP contribution in [0.4, 0.5) is 43.0 Å². The molecule has 14 nitrogen and oxygen atoms in total. The van der Waals surface area contributed by atoms with Crippen LogP contribution < -0.4 is 20.9 Å². The normalized spacial score (nSPS) is 20.3. The number of imidazole rings is 2. The van der Waals surface area contributed by atoms with Crippen LogP contribution in [0.25, 0.3) is 22.1 Å². The maximum Gasteiger partial charge on any atom is 0.408 e. The molecule has 20 heteroatoms. The lowest BCUT2D eigenvalue weighted by atomic mass is 10.0. The molecule has 2 saturated heterocycles. The summed E-state index contributed by atoms with van der Waals surface area (Å²) in [6, 6.07) is 1.92. The van der Waals surface area contributed by atoms with Crippen LogP contribution in [0.2, 0.25) is 0 Å². The molecule has 0 bridgehead atoms. The van der Waals surface area contributed by atoms with Gasteiger partial charge in [0.25, 0.3) is 0 Å². The first kappa shape index (κ1) is 41.5. The van der Waals surface area contributed by atoms with Crippen molar-refractivity contribution < 1.29 is 55.7 Å². The summed E-state index contributed by atoms with van der Waals surface area (Å²) in [6.07, 6.45) is -3.04. The highest BCUT2D eigenvalue weighted by molar-refractivity contribution is 5.82. The highest BCUT2D eigenvalue weighted by Gasteiger charge is 2.34. The van der Waals surface area contributed by atoms with Gasteiger partial charge in [0.2, 0.25) is 11.9 Å². The highest BCUT2D eigenvalue weighted by Crippen LogP contribution is 2.29. The van der Waals surface area contributed by atoms with Gasteiger partial charge >= 0.3 is 18.0 Å². The number of rotatable bonds is 7. The number of benzene rings is 2. The maximum atomic E-state index is 14.4. The summed E-state index contributed by atoms with van der Waals surface area (Å²) in [5.41, 5.74) is 5.43. The Morgan fingerprint density at radius 2 is 1.22 bits per heavy atom. The number of anilines is 2. The fourth-order valence-electron chi connectivity index (χ4n) is 6.12. The highest BCUT2D eigenvalue weighted by atomic mass is 19.2. The zero-order valence-corrected chi connectivity index (χ0v) is 28.8. The lowest BCUT2D eigenvalue weighted by Crippen LogP contribution is -2.55. The van der Waals surface area contributed by atoms with Crippen molar-refractivity contribution in [2.45, 2.75) is 84.2 Å². The molecule has 2 aromatic carbocycles. The number of carbonyl (C=O) groups is 3. The Hall–Kier alpha value is -5.27. The van der Waals surface area contributed by atoms with E-state index in [-0.39, 0.29) is 73.9 Å². The number of amides is 1. The summed E-state index contributed by atoms with van der Waals surface area (Å²) in [6.45, 7) is 4.63. The number of halogens is 6. The topological polar surface area (TPSA) is 181 Å². The number of carbonyl (C=O) groups excluding carboxylic acids is 1. The molecule has 6 rings (SSSR count). The van der Waals surface area contributed by atoms with Gasteiger partial charge < -0.3 is 35.8 Å². The van der Waals surface area contributed by atoms with E-state index in [1.807, 2.05) is 0 Å². The number of aromatic nitrogens is 4. The smallest absolute Gasteiger partial charge is 0.408 e. The number of carboxylic acids is 2. The van der Waals surface area contributed by atoms with Crippen molar-refractivity contribution >= 4 is 52.0 Å². The number of nitrogens with zero attached hydrogens (tertiary/aromatic N) is 6. The van der Waals surface area contributed by atoms with Gasteiger partial charge in [-0.1, -0.05) is 7.43 Å². The first-order valence-electron chi connectivity index (χ1n) is 16.5. The molecule has 0 radical (unpaired) electrons. The molecule has 4 atom stereocenters. The maximum absolute atomic E-state index is 14.4. The van der Waals surface area contributed by atoms with Crippen LogP contribution in [-0.2, 0) is 27.4 Å². The fourth-order valence-corrected chi connectivity index (χ4v) is 6.12. The second-order valence-electron chi connectivity index (χ2n) is 13.7. The molecule has 2 fully saturated rings. The van der Waals surface area contributed by atoms with Gasteiger partial charge in [0.05, 0.1) is 34.2 Å². The Morgan fingerprint density at radius 3 is 1.65 bits per heavy atom. The van der Waals surface area contributed by atoms with E-state index in [9.17, 15) is 45.8 Å². The number of hydrogen-bond donors (Lipinski definition) is 4. The van der Waals surface area contributed by atoms with Crippen molar-refractivity contribution in [2.75, 3.05) is 36.0 Å². The summed E-state index contributed by atoms with van der Waals surface area (Å²) in [5, 5.41) is 20.8. The quantitative estimate of drug-likeness (QED) is 0.191. The van der Waals surface area contributed by atoms with Crippen LogP contribution in [0.3, 0.4) is 0 Å². The zero-order chi connectivity index (χ0) is 38.9. The number of piperidine rings is 2. The van der Waals surface area contributed by atoms with Gasteiger partial charge in [-0.2, -0.15) is 0 Å². The number of carboxylic acid groups (broad SMARTS) is 2. The van der Waals surface area contributed by atoms with Crippen LogP contribution in [0, 0.1) is 23.3 Å². The van der Waals surface area contributed by atoms with Crippen molar-refractivity contribution in [3.63, 3.8) is 0 Å². The monoisotopic (exact) mass is 772 g/mol. The molecular weight excluding hydrogens is 730 g/mol. The number of nitrogens with one attached hydrogen (secondary N) is 1. The van der Waals surface area contributed by atoms with Gasteiger partial charge in [0.15, 0.2) is 23.3 Å². The molecular formula is C34H42F6N8O6. The zero-order valence-electron chi connectivity index (χ0n) is 28.8. The molecule has 54 heavy (non-hydrogen) atoms. The largest absolute Gasteiger partial charge is 0.480 e. The van der Waals surface area contributed by atoms with E-state index >= 15 is 0 Å². The van der Waals surface area contributed by atoms with Gasteiger partial charge in [-0.25, -0.2) is 41.1 Å². The molecule has 0 aliphatic carbocycles. The van der Waals surface area contributed by atoms with Crippen molar-refractivity contribution in [3.05, 3.63) is 47.5 Å². The van der Waals surface area contributed by atoms with Gasteiger partial charge in [0, 0.05) is 50.4 Å². The van der Waals surface area contributed by atoms with Crippen LogP contribution in [-0.4, -0.2) is 104 Å². The van der Waals surface area contributed by atoms with Crippen molar-refractivity contribution in [1.29, 1.82) is 0 Å². The Labute approximate surface area is 305 Å². The number of ether oxygens (including phenoxy) is 1. The van der Waals surface area contributed by atoms with Crippen molar-refractivity contribution in [3.8, 4) is 0 Å². The number of alkyl halides is 2. The number of alkyl carbamates (subject to hydrolysis) is 1. The van der Waals surface area contributed by atoms with Gasteiger partial charge in [-0.05, 0) is 33.6 Å². The molecule has 296 valence electrons. The molecule has 0 spiro atoms. The number of hydrogen-bond acceptors (Lipinski definition) is 9. The SMILES string of the molecule is C.CC(C)(C)OC(=O)N[C@@H]1CN(c2nc3cc(F)c(F)cc3n2CC(=O)O)CC[C@H]1F.N[C@@H]1CN(c2nc3cc(F)c(F)cc3n2CC(=O)O)CC[C@H]1F. The predicted octanol–water partition coefficient (Wildman–Crippen LogP) is 4.75. The molecule has 2 aliphatic heterocycles. The van der Waals surface area contributed by atoms with Crippen molar-refractivity contribution in [1.82, 2.24) is 24.4 Å². The van der Waals surface area contributed by atoms with Crippen LogP contribution in [0.1, 0.15) is 41.0 Å². The van der Waals surface area contributed by atoms with E-state index in [1.165, 1.54) is 9.13 Å². The van der Waals surface area contributed by atoms with Crippen LogP contribution >= 0.6 is 0 Å². The average Bonchev–Trinajstić information content (AvgIpc) is 3.55. The van der Waals surface area contributed by atoms with E-state index in [0.717, 1.165) is 24.3 Å². The van der Waals surface area contributed by atoms with E-state index in [4.69, 9.17) is 15.6 Å². The van der Waals surface area contributed by atoms with E-state index in [2.05, 4.69) is 15.3 Å². The lowest BCUT2D eigenvalue weighted by molar-refractivity contribution is -0.138. The lowest BCUT2D eigenvalue weighted by Gasteiger charge is -2.36. The molecule has 2 aliphatic rings. The molecule has 2 aromatic heterocycles. The first-order chi connectivity index (χ1) is 24.8. The fraction of sp³-hybridized carbons (Fsp3) is 0.500. The van der Waals surface area contributed by atoms with Crippen molar-refractivity contribution in [2.24, 2.45) is 5.73 Å². The number of fused-ring (bicyclic) bond motifs is 2. The first-order valence-corrected chi connectivity index (χ1v) is 16.5. The Bertz CT molecular complexity index is 2020. The van der Waals surface area contributed by atoms with E-state index in [1.54, 1.807) is 30.6 Å². The van der Waals surface area contributed by atoms with Crippen LogP contribution in [0.5, 0.6) is 0 Å². The summed E-state index contributed by atoms with van der Waals surface area (Å²) in [5.74, 6) is -6.41. The Balaban J connectivity index is 0.000000244. The molecule has 5 N–H and O–H groups in total. The second kappa shape index (κ2) is 16.4. The molecule has 0 unspecified atom stereocenters. The third kappa shape index (κ3) is 9.44. The molecule has 0 saturated carbocycles. The standard InChI is InChI=1S/C19H23F3N4O4.C14H15F3N4O2.CH4/c1-19(2,3)30-18(29)24-14-8-25(5-4-10(14)20)17-23-13-6-11(21)12(22)7-15(13)26(17)9-16(27)28;15-7-1-2-20(5-10(7)18)14-19-11-3-8(16)9(17)4-12(11)21(14)6-13(22)23;/h6-7,10,14H,4-5,8-9H2,1-3H3,(H,24,29)(H,27,28);3-4,7,10H,1-2,5-6,18H2,(H,22,23);1H4/t10-,14-;7-,10-;/m11./s1. The molecule has 1 amide bonds. The number of aliphatic carboxylic acids is 2. The minimum absolute atomic E-state index is 0. The van der Waals surface area contributed by atoms with E-state index < -0.39 is 84.4 Å². The third-order valence-corrected chi connectivity index (χ3v) is 8.49. The third-order valence-electron chi connectivity index (χ3n) is 8.49. The minimum atomic E-state index is -1.35. The average molecular weight is 773 g/mol. The summed E-state index contributed by atoms with van der Waals surface area (Å²) in [7, 11) is 0. The van der Waals surface area contributed by atoms with Crippen LogP contribution in [0.15, 0.2) is 24.3 Å². The summed E-state index contributed by atoms with van der Waals surface area (Å²) < 4.78 is 89.8. The van der Waals surface area contributed by atoms with Gasteiger partial charge in [-0.15, -0.1) is 0 Å². The predicted molar refractivity (Wildman–Crippen MR) is 186 cm³/mol. The van der Waals surface area contributed by atoms with E-state index in [0.29, 0.717) is 6.54 Å².